The maximum atomic E-state index is 13.2. The molecule has 0 bridgehead atoms. The molecule has 0 unspecified atom stereocenters. The largest absolute Gasteiger partial charge is 0.496 e. The first-order chi connectivity index (χ1) is 15.8. The number of methoxy groups -OCH3 is 1. The van der Waals surface area contributed by atoms with Gasteiger partial charge in [-0.2, -0.15) is 4.31 Å². The van der Waals surface area contributed by atoms with Crippen molar-refractivity contribution in [2.45, 2.75) is 32.1 Å². The van der Waals surface area contributed by atoms with Crippen molar-refractivity contribution in [3.8, 4) is 5.75 Å². The lowest BCUT2D eigenvalue weighted by Gasteiger charge is -2.28. The number of morpholine rings is 1. The Balaban J connectivity index is 1.90. The molecule has 9 heteroatoms. The topological polar surface area (TPSA) is 88.2 Å². The van der Waals surface area contributed by atoms with E-state index < -0.39 is 10.0 Å². The number of ether oxygens (including phenoxy) is 2. The zero-order valence-electron chi connectivity index (χ0n) is 19.8. The number of hydrogen-bond acceptors (Lipinski definition) is 6. The third-order valence-electron chi connectivity index (χ3n) is 5.79. The summed E-state index contributed by atoms with van der Waals surface area (Å²) in [7, 11) is -2.08. The van der Waals surface area contributed by atoms with Crippen molar-refractivity contribution < 1.29 is 22.7 Å². The van der Waals surface area contributed by atoms with Gasteiger partial charge in [-0.05, 0) is 56.2 Å². The second-order valence-electron chi connectivity index (χ2n) is 7.90. The van der Waals surface area contributed by atoms with Crippen LogP contribution < -0.4 is 15.0 Å². The predicted molar refractivity (Wildman–Crippen MR) is 130 cm³/mol. The van der Waals surface area contributed by atoms with E-state index in [9.17, 15) is 13.2 Å². The summed E-state index contributed by atoms with van der Waals surface area (Å²) in [6.45, 7) is 8.82. The van der Waals surface area contributed by atoms with E-state index >= 15 is 0 Å². The van der Waals surface area contributed by atoms with E-state index in [-0.39, 0.29) is 17.2 Å². The predicted octanol–water partition coefficient (Wildman–Crippen LogP) is 3.05. The molecule has 0 spiro atoms. The summed E-state index contributed by atoms with van der Waals surface area (Å²) in [6.07, 6.45) is 0.148. The zero-order valence-corrected chi connectivity index (χ0v) is 20.6. The standard InChI is InChI=1S/C24H33N3O5S/c1-5-26(6-2)22-10-9-20(33(29,30)27-11-13-32-14-12-27)17-21(22)25-24(28)16-19-8-7-18(3)23(15-19)31-4/h7-10,15,17H,5-6,11-14,16H2,1-4H3,(H,25,28). The lowest BCUT2D eigenvalue weighted by Crippen LogP contribution is -2.40. The molecule has 1 saturated heterocycles. The van der Waals surface area contributed by atoms with Gasteiger partial charge in [-0.1, -0.05) is 12.1 Å². The Kier molecular flexibility index (Phi) is 8.34. The fourth-order valence-corrected chi connectivity index (χ4v) is 5.34. The fourth-order valence-electron chi connectivity index (χ4n) is 3.91. The van der Waals surface area contributed by atoms with Crippen LogP contribution in [0.2, 0.25) is 0 Å². The van der Waals surface area contributed by atoms with Crippen LogP contribution in [0.5, 0.6) is 5.75 Å². The first-order valence-corrected chi connectivity index (χ1v) is 12.6. The third kappa shape index (κ3) is 5.85. The molecule has 2 aromatic carbocycles. The number of rotatable bonds is 9. The molecule has 0 radical (unpaired) electrons. The quantitative estimate of drug-likeness (QED) is 0.600. The highest BCUT2D eigenvalue weighted by Crippen LogP contribution is 2.31. The van der Waals surface area contributed by atoms with Crippen LogP contribution in [0.4, 0.5) is 11.4 Å². The smallest absolute Gasteiger partial charge is 0.243 e. The van der Waals surface area contributed by atoms with Gasteiger partial charge in [-0.25, -0.2) is 8.42 Å². The Bertz CT molecular complexity index is 1080. The molecule has 0 aliphatic carbocycles. The molecule has 3 rings (SSSR count). The van der Waals surface area contributed by atoms with Gasteiger partial charge in [0.1, 0.15) is 5.75 Å². The molecule has 2 aromatic rings. The molecule has 1 aliphatic rings. The molecule has 8 nitrogen and oxygen atoms in total. The van der Waals surface area contributed by atoms with E-state index in [0.717, 1.165) is 35.7 Å². The maximum absolute atomic E-state index is 13.2. The van der Waals surface area contributed by atoms with Crippen molar-refractivity contribution in [3.05, 3.63) is 47.5 Å². The number of aryl methyl sites for hydroxylation is 1. The number of carbonyl (C=O) groups excluding carboxylic acids is 1. The van der Waals surface area contributed by atoms with Crippen molar-refractivity contribution in [1.29, 1.82) is 0 Å². The van der Waals surface area contributed by atoms with Crippen LogP contribution in [0, 0.1) is 6.92 Å². The number of hydrogen-bond donors (Lipinski definition) is 1. The van der Waals surface area contributed by atoms with Gasteiger partial charge in [0.25, 0.3) is 0 Å². The van der Waals surface area contributed by atoms with Gasteiger partial charge in [-0.3, -0.25) is 4.79 Å². The minimum atomic E-state index is -3.68. The molecular formula is C24H33N3O5S. The van der Waals surface area contributed by atoms with Crippen molar-refractivity contribution in [2.24, 2.45) is 0 Å². The van der Waals surface area contributed by atoms with Crippen LogP contribution in [0.15, 0.2) is 41.3 Å². The summed E-state index contributed by atoms with van der Waals surface area (Å²) in [5.41, 5.74) is 3.08. The van der Waals surface area contributed by atoms with Crippen LogP contribution in [0.25, 0.3) is 0 Å². The lowest BCUT2D eigenvalue weighted by molar-refractivity contribution is -0.115. The molecule has 0 atom stereocenters. The average molecular weight is 476 g/mol. The summed E-state index contributed by atoms with van der Waals surface area (Å²) in [5.74, 6) is 0.498. The summed E-state index contributed by atoms with van der Waals surface area (Å²) < 4.78 is 38.4. The summed E-state index contributed by atoms with van der Waals surface area (Å²) in [6, 6.07) is 10.6. The average Bonchev–Trinajstić information content (AvgIpc) is 2.82. The first-order valence-electron chi connectivity index (χ1n) is 11.2. The molecule has 1 aliphatic heterocycles. The molecule has 33 heavy (non-hydrogen) atoms. The van der Waals surface area contributed by atoms with E-state index in [0.29, 0.717) is 32.0 Å². The number of sulfonamides is 1. The lowest BCUT2D eigenvalue weighted by atomic mass is 10.1. The SMILES string of the molecule is CCN(CC)c1ccc(S(=O)(=O)N2CCOCC2)cc1NC(=O)Cc1ccc(C)c(OC)c1. The van der Waals surface area contributed by atoms with Gasteiger partial charge in [0.05, 0.1) is 43.0 Å². The molecule has 0 saturated carbocycles. The van der Waals surface area contributed by atoms with Crippen molar-refractivity contribution in [2.75, 3.05) is 56.7 Å². The second kappa shape index (κ2) is 11.0. The highest BCUT2D eigenvalue weighted by atomic mass is 32.2. The second-order valence-corrected chi connectivity index (χ2v) is 9.83. The zero-order chi connectivity index (χ0) is 24.0. The Labute approximate surface area is 196 Å². The highest BCUT2D eigenvalue weighted by molar-refractivity contribution is 7.89. The van der Waals surface area contributed by atoms with Crippen molar-refractivity contribution in [1.82, 2.24) is 4.31 Å². The van der Waals surface area contributed by atoms with Gasteiger partial charge in [0.2, 0.25) is 15.9 Å². The third-order valence-corrected chi connectivity index (χ3v) is 7.69. The molecule has 0 aromatic heterocycles. The number of amides is 1. The number of anilines is 2. The summed E-state index contributed by atoms with van der Waals surface area (Å²) in [5, 5.41) is 2.95. The van der Waals surface area contributed by atoms with Gasteiger partial charge < -0.3 is 19.7 Å². The molecule has 1 N–H and O–H groups in total. The fraction of sp³-hybridized carbons (Fsp3) is 0.458. The van der Waals surface area contributed by atoms with E-state index in [2.05, 4.69) is 10.2 Å². The van der Waals surface area contributed by atoms with Gasteiger partial charge in [0.15, 0.2) is 0 Å². The van der Waals surface area contributed by atoms with E-state index in [1.807, 2.05) is 39.0 Å². The minimum absolute atomic E-state index is 0.148. The van der Waals surface area contributed by atoms with Gasteiger partial charge >= 0.3 is 0 Å². The molecular weight excluding hydrogens is 442 g/mol. The van der Waals surface area contributed by atoms with Crippen LogP contribution in [-0.4, -0.2) is 65.1 Å². The maximum Gasteiger partial charge on any atom is 0.243 e. The normalized spacial score (nSPS) is 14.7. The van der Waals surface area contributed by atoms with E-state index in [4.69, 9.17) is 9.47 Å². The summed E-state index contributed by atoms with van der Waals surface area (Å²) in [4.78, 5) is 15.2. The number of nitrogens with one attached hydrogen (secondary N) is 1. The van der Waals surface area contributed by atoms with E-state index in [1.165, 1.54) is 4.31 Å². The number of carbonyl (C=O) groups is 1. The summed E-state index contributed by atoms with van der Waals surface area (Å²) >= 11 is 0. The van der Waals surface area contributed by atoms with Crippen molar-refractivity contribution >= 4 is 27.3 Å². The molecule has 1 heterocycles. The Morgan fingerprint density at radius 3 is 2.45 bits per heavy atom. The number of nitrogens with zero attached hydrogens (tertiary/aromatic N) is 2. The minimum Gasteiger partial charge on any atom is -0.496 e. The van der Waals surface area contributed by atoms with Gasteiger partial charge in [-0.15, -0.1) is 0 Å². The monoisotopic (exact) mass is 475 g/mol. The molecule has 1 amide bonds. The Morgan fingerprint density at radius 2 is 1.82 bits per heavy atom. The first kappa shape index (κ1) is 25.0. The van der Waals surface area contributed by atoms with Crippen LogP contribution >= 0.6 is 0 Å². The molecule has 1 fully saturated rings. The Morgan fingerprint density at radius 1 is 1.12 bits per heavy atom. The Hall–Kier alpha value is -2.62. The molecule has 180 valence electrons. The van der Waals surface area contributed by atoms with Crippen LogP contribution in [-0.2, 0) is 26.0 Å². The van der Waals surface area contributed by atoms with E-state index in [1.54, 1.807) is 25.3 Å². The van der Waals surface area contributed by atoms with Crippen molar-refractivity contribution in [3.63, 3.8) is 0 Å². The van der Waals surface area contributed by atoms with Crippen LogP contribution in [0.3, 0.4) is 0 Å². The number of benzene rings is 2. The van der Waals surface area contributed by atoms with Gasteiger partial charge in [0, 0.05) is 26.2 Å². The van der Waals surface area contributed by atoms with Crippen LogP contribution in [0.1, 0.15) is 25.0 Å². The highest BCUT2D eigenvalue weighted by Gasteiger charge is 2.27.